The van der Waals surface area contributed by atoms with Crippen molar-refractivity contribution in [1.82, 2.24) is 5.32 Å². The molecule has 0 spiro atoms. The summed E-state index contributed by atoms with van der Waals surface area (Å²) in [6.07, 6.45) is 0.552. The summed E-state index contributed by atoms with van der Waals surface area (Å²) in [7, 11) is 0. The monoisotopic (exact) mass is 245 g/mol. The number of amides is 1. The molecule has 4 heteroatoms. The molecule has 0 aromatic heterocycles. The predicted molar refractivity (Wildman–Crippen MR) is 73.9 cm³/mol. The smallest absolute Gasteiger partial charge is 0.224 e. The van der Waals surface area contributed by atoms with Crippen LogP contribution in [0.2, 0.25) is 0 Å². The Hall–Kier alpha value is -1.84. The lowest BCUT2D eigenvalue weighted by Crippen LogP contribution is -2.19. The average Bonchev–Trinajstić information content (AvgIpc) is 2.82. The summed E-state index contributed by atoms with van der Waals surface area (Å²) in [6.45, 7) is 5.81. The van der Waals surface area contributed by atoms with E-state index in [4.69, 9.17) is 0 Å². The van der Waals surface area contributed by atoms with Gasteiger partial charge in [0.1, 0.15) is 5.84 Å². The number of benzene rings is 1. The minimum atomic E-state index is 0.0640. The van der Waals surface area contributed by atoms with Crippen molar-refractivity contribution in [3.63, 3.8) is 0 Å². The molecule has 1 aromatic rings. The Labute approximate surface area is 108 Å². The Bertz CT molecular complexity index is 449. The van der Waals surface area contributed by atoms with Crippen LogP contribution in [0.3, 0.4) is 0 Å². The minimum absolute atomic E-state index is 0.0640. The van der Waals surface area contributed by atoms with Gasteiger partial charge in [-0.3, -0.25) is 9.79 Å². The molecule has 1 amide bonds. The Balaban J connectivity index is 1.97. The van der Waals surface area contributed by atoms with Gasteiger partial charge < -0.3 is 10.6 Å². The van der Waals surface area contributed by atoms with E-state index in [2.05, 4.69) is 15.6 Å². The van der Waals surface area contributed by atoms with E-state index in [9.17, 15) is 4.79 Å². The number of carbonyl (C=O) groups excluding carboxylic acids is 1. The van der Waals surface area contributed by atoms with Crippen LogP contribution in [0, 0.1) is 5.92 Å². The van der Waals surface area contributed by atoms with Crippen LogP contribution in [-0.2, 0) is 4.79 Å². The molecular formula is C14H19N3O. The number of carbonyl (C=O) groups is 1. The van der Waals surface area contributed by atoms with Gasteiger partial charge >= 0.3 is 0 Å². The fraction of sp³-hybridized carbons (Fsp3) is 0.429. The fourth-order valence-electron chi connectivity index (χ4n) is 1.89. The van der Waals surface area contributed by atoms with Crippen molar-refractivity contribution in [2.75, 3.05) is 18.4 Å². The van der Waals surface area contributed by atoms with E-state index in [0.29, 0.717) is 12.3 Å². The zero-order valence-electron chi connectivity index (χ0n) is 10.9. The van der Waals surface area contributed by atoms with E-state index >= 15 is 0 Å². The second-order valence-electron chi connectivity index (χ2n) is 4.88. The topological polar surface area (TPSA) is 53.5 Å². The molecule has 0 unspecified atom stereocenters. The van der Waals surface area contributed by atoms with E-state index < -0.39 is 0 Å². The van der Waals surface area contributed by atoms with Gasteiger partial charge in [0.25, 0.3) is 0 Å². The molecule has 18 heavy (non-hydrogen) atoms. The molecule has 1 heterocycles. The van der Waals surface area contributed by atoms with Gasteiger partial charge in [0, 0.05) is 24.2 Å². The van der Waals surface area contributed by atoms with Gasteiger partial charge in [-0.1, -0.05) is 13.8 Å². The van der Waals surface area contributed by atoms with E-state index in [0.717, 1.165) is 30.2 Å². The van der Waals surface area contributed by atoms with Crippen molar-refractivity contribution < 1.29 is 4.79 Å². The number of nitrogens with zero attached hydrogens (tertiary/aromatic N) is 1. The molecule has 0 radical (unpaired) electrons. The summed E-state index contributed by atoms with van der Waals surface area (Å²) >= 11 is 0. The predicted octanol–water partition coefficient (Wildman–Crippen LogP) is 2.02. The van der Waals surface area contributed by atoms with E-state index in [1.165, 1.54) is 0 Å². The summed E-state index contributed by atoms with van der Waals surface area (Å²) in [5.74, 6) is 1.38. The molecule has 4 nitrogen and oxygen atoms in total. The van der Waals surface area contributed by atoms with Crippen LogP contribution in [0.15, 0.2) is 29.3 Å². The first kappa shape index (κ1) is 12.6. The Kier molecular flexibility index (Phi) is 3.97. The highest BCUT2D eigenvalue weighted by Crippen LogP contribution is 2.12. The summed E-state index contributed by atoms with van der Waals surface area (Å²) in [5, 5.41) is 6.11. The summed E-state index contributed by atoms with van der Waals surface area (Å²) in [4.78, 5) is 16.0. The summed E-state index contributed by atoms with van der Waals surface area (Å²) in [6, 6.07) is 7.77. The number of amidine groups is 1. The Morgan fingerprint density at radius 1 is 1.39 bits per heavy atom. The maximum absolute atomic E-state index is 11.6. The molecule has 1 aliphatic heterocycles. The van der Waals surface area contributed by atoms with Gasteiger partial charge in [0.2, 0.25) is 5.91 Å². The van der Waals surface area contributed by atoms with Crippen LogP contribution in [0.25, 0.3) is 0 Å². The molecule has 0 atom stereocenters. The number of nitrogens with one attached hydrogen (secondary N) is 2. The highest BCUT2D eigenvalue weighted by atomic mass is 16.1. The molecular weight excluding hydrogens is 226 g/mol. The minimum Gasteiger partial charge on any atom is -0.368 e. The molecule has 2 N–H and O–H groups in total. The van der Waals surface area contributed by atoms with E-state index in [-0.39, 0.29) is 5.91 Å². The first-order valence-corrected chi connectivity index (χ1v) is 6.34. The van der Waals surface area contributed by atoms with E-state index in [1.807, 2.05) is 38.1 Å². The molecule has 1 aromatic carbocycles. The molecule has 1 aliphatic rings. The summed E-state index contributed by atoms with van der Waals surface area (Å²) < 4.78 is 0. The first-order valence-electron chi connectivity index (χ1n) is 6.34. The number of anilines is 1. The second kappa shape index (κ2) is 5.67. The van der Waals surface area contributed by atoms with Crippen molar-refractivity contribution in [3.8, 4) is 0 Å². The van der Waals surface area contributed by atoms with Crippen molar-refractivity contribution in [2.45, 2.75) is 20.3 Å². The van der Waals surface area contributed by atoms with Gasteiger partial charge in [0.15, 0.2) is 0 Å². The lowest BCUT2D eigenvalue weighted by Gasteiger charge is -2.08. The average molecular weight is 245 g/mol. The quantitative estimate of drug-likeness (QED) is 0.852. The van der Waals surface area contributed by atoms with Crippen molar-refractivity contribution in [1.29, 1.82) is 0 Å². The van der Waals surface area contributed by atoms with Crippen LogP contribution in [0.1, 0.15) is 25.8 Å². The standard InChI is InChI=1S/C14H19N3O/c1-10(2)9-13(18)17-12-5-3-11(4-6-12)14-15-7-8-16-14/h3-6,10H,7-9H2,1-2H3,(H,15,16)(H,17,18). The lowest BCUT2D eigenvalue weighted by atomic mass is 10.1. The van der Waals surface area contributed by atoms with E-state index in [1.54, 1.807) is 0 Å². The highest BCUT2D eigenvalue weighted by Gasteiger charge is 2.08. The fourth-order valence-corrected chi connectivity index (χ4v) is 1.89. The third kappa shape index (κ3) is 3.32. The van der Waals surface area contributed by atoms with Gasteiger partial charge in [-0.25, -0.2) is 0 Å². The van der Waals surface area contributed by atoms with Crippen LogP contribution >= 0.6 is 0 Å². The number of hydrogen-bond donors (Lipinski definition) is 2. The normalized spacial score (nSPS) is 14.3. The van der Waals surface area contributed by atoms with Gasteiger partial charge in [0.05, 0.1) is 6.54 Å². The molecule has 0 saturated heterocycles. The largest absolute Gasteiger partial charge is 0.368 e. The number of aliphatic imine (C=N–C) groups is 1. The van der Waals surface area contributed by atoms with Crippen LogP contribution in [0.4, 0.5) is 5.69 Å². The summed E-state index contributed by atoms with van der Waals surface area (Å²) in [5.41, 5.74) is 1.90. The second-order valence-corrected chi connectivity index (χ2v) is 4.88. The van der Waals surface area contributed by atoms with Crippen molar-refractivity contribution in [3.05, 3.63) is 29.8 Å². The third-order valence-electron chi connectivity index (χ3n) is 2.71. The SMILES string of the molecule is CC(C)CC(=O)Nc1ccc(C2=NCCN2)cc1. The van der Waals surface area contributed by atoms with Crippen molar-refractivity contribution in [2.24, 2.45) is 10.9 Å². The third-order valence-corrected chi connectivity index (χ3v) is 2.71. The maximum atomic E-state index is 11.6. The first-order chi connectivity index (χ1) is 8.65. The van der Waals surface area contributed by atoms with Crippen LogP contribution in [0.5, 0.6) is 0 Å². The Morgan fingerprint density at radius 2 is 2.11 bits per heavy atom. The molecule has 0 saturated carbocycles. The zero-order chi connectivity index (χ0) is 13.0. The molecule has 96 valence electrons. The number of rotatable bonds is 4. The van der Waals surface area contributed by atoms with Crippen molar-refractivity contribution >= 4 is 17.4 Å². The lowest BCUT2D eigenvalue weighted by molar-refractivity contribution is -0.116. The zero-order valence-corrected chi connectivity index (χ0v) is 10.9. The number of hydrogen-bond acceptors (Lipinski definition) is 3. The van der Waals surface area contributed by atoms with Gasteiger partial charge in [-0.15, -0.1) is 0 Å². The van der Waals surface area contributed by atoms with Crippen LogP contribution in [-0.4, -0.2) is 24.8 Å². The molecule has 0 fully saturated rings. The van der Waals surface area contributed by atoms with Crippen LogP contribution < -0.4 is 10.6 Å². The highest BCUT2D eigenvalue weighted by molar-refractivity contribution is 6.00. The van der Waals surface area contributed by atoms with Gasteiger partial charge in [-0.2, -0.15) is 0 Å². The Morgan fingerprint density at radius 3 is 2.67 bits per heavy atom. The molecule has 2 rings (SSSR count). The molecule has 0 bridgehead atoms. The molecule has 0 aliphatic carbocycles. The van der Waals surface area contributed by atoms with Gasteiger partial charge in [-0.05, 0) is 30.2 Å². The maximum Gasteiger partial charge on any atom is 0.224 e.